The first-order valence-corrected chi connectivity index (χ1v) is 6.92. The van der Waals surface area contributed by atoms with Crippen molar-refractivity contribution in [1.29, 1.82) is 0 Å². The zero-order chi connectivity index (χ0) is 10.9. The Bertz CT molecular complexity index is 211. The molecule has 0 aromatic carbocycles. The molecule has 4 atom stereocenters. The fourth-order valence-corrected chi connectivity index (χ4v) is 4.44. The molecule has 2 aliphatic carbocycles. The SMILES string of the molecule is CCC1CCCC12CCC(CC(C)N)C2. The zero-order valence-corrected chi connectivity index (χ0v) is 10.5. The monoisotopic (exact) mass is 209 g/mol. The molecule has 0 aromatic rings. The minimum absolute atomic E-state index is 0.409. The highest BCUT2D eigenvalue weighted by Gasteiger charge is 2.46. The fraction of sp³-hybridized carbons (Fsp3) is 1.00. The predicted molar refractivity (Wildman–Crippen MR) is 65.7 cm³/mol. The van der Waals surface area contributed by atoms with Gasteiger partial charge in [0.25, 0.3) is 0 Å². The molecule has 0 saturated heterocycles. The lowest BCUT2D eigenvalue weighted by molar-refractivity contribution is 0.191. The topological polar surface area (TPSA) is 26.0 Å². The van der Waals surface area contributed by atoms with Gasteiger partial charge < -0.3 is 5.73 Å². The van der Waals surface area contributed by atoms with E-state index in [1.807, 2.05) is 0 Å². The van der Waals surface area contributed by atoms with Crippen LogP contribution < -0.4 is 5.73 Å². The molecule has 1 nitrogen and oxygen atoms in total. The third-order valence-electron chi connectivity index (χ3n) is 5.04. The van der Waals surface area contributed by atoms with Gasteiger partial charge in [0.1, 0.15) is 0 Å². The van der Waals surface area contributed by atoms with Crippen molar-refractivity contribution in [3.8, 4) is 0 Å². The second-order valence-electron chi connectivity index (χ2n) is 6.18. The molecule has 2 N–H and O–H groups in total. The van der Waals surface area contributed by atoms with Crippen LogP contribution >= 0.6 is 0 Å². The molecule has 0 amide bonds. The van der Waals surface area contributed by atoms with Gasteiger partial charge in [-0.2, -0.15) is 0 Å². The van der Waals surface area contributed by atoms with E-state index in [2.05, 4.69) is 13.8 Å². The molecule has 1 spiro atoms. The van der Waals surface area contributed by atoms with Crippen LogP contribution in [0.25, 0.3) is 0 Å². The molecule has 0 aromatic heterocycles. The Morgan fingerprint density at radius 3 is 2.80 bits per heavy atom. The lowest BCUT2D eigenvalue weighted by Crippen LogP contribution is -2.23. The highest BCUT2D eigenvalue weighted by Crippen LogP contribution is 2.57. The average Bonchev–Trinajstić information content (AvgIpc) is 2.74. The van der Waals surface area contributed by atoms with E-state index < -0.39 is 0 Å². The largest absolute Gasteiger partial charge is 0.328 e. The molecule has 15 heavy (non-hydrogen) atoms. The molecule has 2 saturated carbocycles. The van der Waals surface area contributed by atoms with Crippen molar-refractivity contribution in [2.45, 2.75) is 71.3 Å². The van der Waals surface area contributed by atoms with Gasteiger partial charge in [-0.05, 0) is 62.7 Å². The van der Waals surface area contributed by atoms with E-state index in [0.717, 1.165) is 17.3 Å². The van der Waals surface area contributed by atoms with Crippen LogP contribution in [0, 0.1) is 17.3 Å². The summed E-state index contributed by atoms with van der Waals surface area (Å²) >= 11 is 0. The number of rotatable bonds is 3. The van der Waals surface area contributed by atoms with Gasteiger partial charge in [0.2, 0.25) is 0 Å². The fourth-order valence-electron chi connectivity index (χ4n) is 4.44. The van der Waals surface area contributed by atoms with E-state index in [9.17, 15) is 0 Å². The van der Waals surface area contributed by atoms with Gasteiger partial charge in [-0.1, -0.05) is 19.8 Å². The van der Waals surface area contributed by atoms with Crippen LogP contribution in [0.4, 0.5) is 0 Å². The molecule has 0 radical (unpaired) electrons. The van der Waals surface area contributed by atoms with Gasteiger partial charge in [-0.25, -0.2) is 0 Å². The van der Waals surface area contributed by atoms with Crippen LogP contribution in [-0.4, -0.2) is 6.04 Å². The van der Waals surface area contributed by atoms with Crippen molar-refractivity contribution >= 4 is 0 Å². The lowest BCUT2D eigenvalue weighted by Gasteiger charge is -2.31. The Morgan fingerprint density at radius 2 is 2.13 bits per heavy atom. The van der Waals surface area contributed by atoms with Crippen LogP contribution in [-0.2, 0) is 0 Å². The summed E-state index contributed by atoms with van der Waals surface area (Å²) in [5, 5.41) is 0. The van der Waals surface area contributed by atoms with Gasteiger partial charge in [0.05, 0.1) is 0 Å². The number of hydrogen-bond acceptors (Lipinski definition) is 1. The van der Waals surface area contributed by atoms with E-state index in [0.29, 0.717) is 6.04 Å². The molecule has 88 valence electrons. The number of nitrogens with two attached hydrogens (primary N) is 1. The Kier molecular flexibility index (Phi) is 3.39. The third kappa shape index (κ3) is 2.22. The normalized spacial score (nSPS) is 42.6. The Hall–Kier alpha value is -0.0400. The zero-order valence-electron chi connectivity index (χ0n) is 10.5. The van der Waals surface area contributed by atoms with Crippen LogP contribution in [0.3, 0.4) is 0 Å². The summed E-state index contributed by atoms with van der Waals surface area (Å²) < 4.78 is 0. The highest BCUT2D eigenvalue weighted by molar-refractivity contribution is 4.97. The van der Waals surface area contributed by atoms with Gasteiger partial charge in [0.15, 0.2) is 0 Å². The Morgan fingerprint density at radius 1 is 1.33 bits per heavy atom. The first kappa shape index (κ1) is 11.4. The van der Waals surface area contributed by atoms with Gasteiger partial charge in [-0.15, -0.1) is 0 Å². The van der Waals surface area contributed by atoms with Crippen molar-refractivity contribution in [2.24, 2.45) is 23.0 Å². The molecular weight excluding hydrogens is 182 g/mol. The van der Waals surface area contributed by atoms with Crippen LogP contribution in [0.2, 0.25) is 0 Å². The summed E-state index contributed by atoms with van der Waals surface area (Å²) in [4.78, 5) is 0. The van der Waals surface area contributed by atoms with Crippen molar-refractivity contribution in [1.82, 2.24) is 0 Å². The first-order valence-electron chi connectivity index (χ1n) is 6.92. The van der Waals surface area contributed by atoms with E-state index >= 15 is 0 Å². The summed E-state index contributed by atoms with van der Waals surface area (Å²) in [5.41, 5.74) is 6.68. The molecule has 0 bridgehead atoms. The van der Waals surface area contributed by atoms with Crippen LogP contribution in [0.5, 0.6) is 0 Å². The molecule has 4 unspecified atom stereocenters. The minimum Gasteiger partial charge on any atom is -0.328 e. The van der Waals surface area contributed by atoms with Crippen LogP contribution in [0.15, 0.2) is 0 Å². The third-order valence-corrected chi connectivity index (χ3v) is 5.04. The number of hydrogen-bond donors (Lipinski definition) is 1. The van der Waals surface area contributed by atoms with Crippen molar-refractivity contribution in [3.63, 3.8) is 0 Å². The summed E-state index contributed by atoms with van der Waals surface area (Å²) in [6, 6.07) is 0.409. The summed E-state index contributed by atoms with van der Waals surface area (Å²) in [6.45, 7) is 4.55. The molecule has 2 aliphatic rings. The maximum atomic E-state index is 5.93. The second kappa shape index (κ2) is 4.45. The van der Waals surface area contributed by atoms with Gasteiger partial charge in [0, 0.05) is 6.04 Å². The van der Waals surface area contributed by atoms with E-state index in [1.165, 1.54) is 51.4 Å². The van der Waals surface area contributed by atoms with Gasteiger partial charge in [-0.3, -0.25) is 0 Å². The minimum atomic E-state index is 0.409. The first-order chi connectivity index (χ1) is 7.16. The molecule has 0 aliphatic heterocycles. The van der Waals surface area contributed by atoms with E-state index in [4.69, 9.17) is 5.73 Å². The highest BCUT2D eigenvalue weighted by atomic mass is 14.6. The van der Waals surface area contributed by atoms with E-state index in [-0.39, 0.29) is 0 Å². The summed E-state index contributed by atoms with van der Waals surface area (Å²) in [7, 11) is 0. The van der Waals surface area contributed by atoms with Crippen molar-refractivity contribution in [2.75, 3.05) is 0 Å². The molecule has 2 fully saturated rings. The van der Waals surface area contributed by atoms with Crippen molar-refractivity contribution in [3.05, 3.63) is 0 Å². The molecular formula is C14H27N. The maximum Gasteiger partial charge on any atom is 0.00131 e. The Balaban J connectivity index is 1.95. The second-order valence-corrected chi connectivity index (χ2v) is 6.18. The van der Waals surface area contributed by atoms with Crippen LogP contribution in [0.1, 0.15) is 65.2 Å². The quantitative estimate of drug-likeness (QED) is 0.753. The van der Waals surface area contributed by atoms with E-state index in [1.54, 1.807) is 0 Å². The predicted octanol–water partition coefficient (Wildman–Crippen LogP) is 3.72. The summed E-state index contributed by atoms with van der Waals surface area (Å²) in [5.74, 6) is 1.98. The Labute approximate surface area is 94.8 Å². The lowest BCUT2D eigenvalue weighted by atomic mass is 9.74. The average molecular weight is 209 g/mol. The standard InChI is InChI=1S/C14H27N/c1-3-13-5-4-7-14(13)8-6-12(10-14)9-11(2)15/h11-13H,3-10,15H2,1-2H3. The molecule has 1 heteroatoms. The van der Waals surface area contributed by atoms with Crippen molar-refractivity contribution < 1.29 is 0 Å². The maximum absolute atomic E-state index is 5.93. The smallest absolute Gasteiger partial charge is 0.00131 e. The van der Waals surface area contributed by atoms with Gasteiger partial charge >= 0.3 is 0 Å². The molecule has 0 heterocycles. The summed E-state index contributed by atoms with van der Waals surface area (Å²) in [6.07, 6.45) is 11.6. The molecule has 2 rings (SSSR count).